The highest BCUT2D eigenvalue weighted by atomic mass is 79.9. The molecule has 3 fully saturated rings. The van der Waals surface area contributed by atoms with Gasteiger partial charge in [-0.15, -0.1) is 0 Å². The molecule has 1 aromatic rings. The van der Waals surface area contributed by atoms with Gasteiger partial charge in [0.2, 0.25) is 0 Å². The van der Waals surface area contributed by atoms with E-state index < -0.39 is 0 Å². The molecular weight excluding hydrogens is 392 g/mol. The first-order valence-corrected chi connectivity index (χ1v) is 10.6. The first kappa shape index (κ1) is 18.2. The van der Waals surface area contributed by atoms with E-state index >= 15 is 0 Å². The molecule has 6 atom stereocenters. The highest BCUT2D eigenvalue weighted by Crippen LogP contribution is 2.62. The summed E-state index contributed by atoms with van der Waals surface area (Å²) in [6.45, 7) is 4.38. The van der Waals surface area contributed by atoms with Crippen LogP contribution in [-0.2, 0) is 9.53 Å². The number of alkyl halides is 1. The second kappa shape index (κ2) is 6.47. The third-order valence-electron chi connectivity index (χ3n) is 7.56. The Morgan fingerprint density at radius 1 is 1.08 bits per heavy atom. The van der Waals surface area contributed by atoms with Crippen LogP contribution in [0.25, 0.3) is 0 Å². The van der Waals surface area contributed by atoms with Crippen molar-refractivity contribution in [1.82, 2.24) is 0 Å². The van der Waals surface area contributed by atoms with Crippen molar-refractivity contribution < 1.29 is 14.3 Å². The fourth-order valence-corrected chi connectivity index (χ4v) is 6.80. The van der Waals surface area contributed by atoms with Gasteiger partial charge in [0.1, 0.15) is 11.9 Å². The molecular formula is C22H27BrO3. The number of rotatable bonds is 2. The van der Waals surface area contributed by atoms with Crippen molar-refractivity contribution in [3.05, 3.63) is 35.9 Å². The van der Waals surface area contributed by atoms with Crippen LogP contribution in [0.2, 0.25) is 0 Å². The second-order valence-electron chi connectivity index (χ2n) is 8.80. The molecule has 4 rings (SSSR count). The standard InChI is InChI=1S/C22H27BrO3/c1-21-13-12-17-15(8-10-18(24)22(17,2)23)16(21)9-11-19(21)26-20(25)14-6-4-3-5-7-14/h3-7,15-17,19H,8-13H2,1-2H3/t15-,16-,17-,19-,21-,22+/m0/s1. The summed E-state index contributed by atoms with van der Waals surface area (Å²) in [6.07, 6.45) is 5.75. The Morgan fingerprint density at radius 3 is 2.54 bits per heavy atom. The Labute approximate surface area is 164 Å². The van der Waals surface area contributed by atoms with Crippen molar-refractivity contribution in [3.8, 4) is 0 Å². The quantitative estimate of drug-likeness (QED) is 0.491. The van der Waals surface area contributed by atoms with Gasteiger partial charge in [-0.05, 0) is 68.9 Å². The van der Waals surface area contributed by atoms with Crippen molar-refractivity contribution in [2.45, 2.75) is 62.8 Å². The van der Waals surface area contributed by atoms with Crippen LogP contribution in [0.5, 0.6) is 0 Å². The molecule has 0 radical (unpaired) electrons. The third kappa shape index (κ3) is 2.76. The Hall–Kier alpha value is -1.16. The van der Waals surface area contributed by atoms with E-state index in [0.29, 0.717) is 35.5 Å². The number of esters is 1. The minimum Gasteiger partial charge on any atom is -0.458 e. The average Bonchev–Trinajstić information content (AvgIpc) is 2.95. The predicted octanol–water partition coefficient (Wildman–Crippen LogP) is 5.17. The van der Waals surface area contributed by atoms with Crippen molar-refractivity contribution in [1.29, 1.82) is 0 Å². The minimum absolute atomic E-state index is 0.0136. The summed E-state index contributed by atoms with van der Waals surface area (Å²) in [6, 6.07) is 9.29. The maximum Gasteiger partial charge on any atom is 0.338 e. The van der Waals surface area contributed by atoms with Gasteiger partial charge < -0.3 is 4.74 Å². The van der Waals surface area contributed by atoms with Crippen LogP contribution in [0.15, 0.2) is 30.3 Å². The Morgan fingerprint density at radius 2 is 1.81 bits per heavy atom. The predicted molar refractivity (Wildman–Crippen MR) is 104 cm³/mol. The maximum atomic E-state index is 12.6. The van der Waals surface area contributed by atoms with E-state index in [0.717, 1.165) is 32.1 Å². The lowest BCUT2D eigenvalue weighted by Crippen LogP contribution is -2.54. The van der Waals surface area contributed by atoms with E-state index in [9.17, 15) is 9.59 Å². The molecule has 140 valence electrons. The summed E-state index contributed by atoms with van der Waals surface area (Å²) in [5.74, 6) is 1.65. The summed E-state index contributed by atoms with van der Waals surface area (Å²) in [5, 5.41) is 0. The molecule has 4 heteroatoms. The number of Topliss-reactive ketones (excluding diaryl/α,β-unsaturated/α-hetero) is 1. The first-order valence-electron chi connectivity index (χ1n) is 9.82. The molecule has 0 unspecified atom stereocenters. The van der Waals surface area contributed by atoms with Crippen molar-refractivity contribution >= 4 is 27.7 Å². The van der Waals surface area contributed by atoms with Crippen molar-refractivity contribution in [2.75, 3.05) is 0 Å². The van der Waals surface area contributed by atoms with Gasteiger partial charge in [0, 0.05) is 11.8 Å². The third-order valence-corrected chi connectivity index (χ3v) is 8.59. The summed E-state index contributed by atoms with van der Waals surface area (Å²) >= 11 is 3.77. The number of carbonyl (C=O) groups is 2. The van der Waals surface area contributed by atoms with Crippen molar-refractivity contribution in [3.63, 3.8) is 0 Å². The molecule has 0 bridgehead atoms. The molecule has 3 saturated carbocycles. The summed E-state index contributed by atoms with van der Waals surface area (Å²) < 4.78 is 5.63. The average molecular weight is 419 g/mol. The zero-order chi connectivity index (χ0) is 18.5. The molecule has 3 nitrogen and oxygen atoms in total. The Bertz CT molecular complexity index is 713. The van der Waals surface area contributed by atoms with Gasteiger partial charge in [0.25, 0.3) is 0 Å². The van der Waals surface area contributed by atoms with Gasteiger partial charge >= 0.3 is 5.97 Å². The van der Waals surface area contributed by atoms with E-state index in [-0.39, 0.29) is 21.8 Å². The minimum atomic E-state index is -0.379. The van der Waals surface area contributed by atoms with Crippen LogP contribution < -0.4 is 0 Å². The van der Waals surface area contributed by atoms with Gasteiger partial charge in [0.15, 0.2) is 0 Å². The number of carbonyl (C=O) groups excluding carboxylic acids is 2. The summed E-state index contributed by atoms with van der Waals surface area (Å²) in [4.78, 5) is 25.0. The highest BCUT2D eigenvalue weighted by Gasteiger charge is 2.60. The number of hydrogen-bond acceptors (Lipinski definition) is 3. The number of benzene rings is 1. The molecule has 0 aromatic heterocycles. The zero-order valence-electron chi connectivity index (χ0n) is 15.5. The lowest BCUT2D eigenvalue weighted by molar-refractivity contribution is -0.130. The molecule has 3 aliphatic rings. The number of ether oxygens (including phenoxy) is 1. The Kier molecular flexibility index (Phi) is 4.53. The van der Waals surface area contributed by atoms with Crippen LogP contribution in [0.3, 0.4) is 0 Å². The fraction of sp³-hybridized carbons (Fsp3) is 0.636. The van der Waals surface area contributed by atoms with Gasteiger partial charge in [-0.2, -0.15) is 0 Å². The summed E-state index contributed by atoms with van der Waals surface area (Å²) in [5.41, 5.74) is 0.666. The monoisotopic (exact) mass is 418 g/mol. The topological polar surface area (TPSA) is 43.4 Å². The number of ketones is 1. The van der Waals surface area contributed by atoms with Crippen LogP contribution >= 0.6 is 15.9 Å². The van der Waals surface area contributed by atoms with Gasteiger partial charge in [-0.3, -0.25) is 4.79 Å². The van der Waals surface area contributed by atoms with Crippen molar-refractivity contribution in [2.24, 2.45) is 23.2 Å². The van der Waals surface area contributed by atoms with E-state index in [2.05, 4.69) is 29.8 Å². The molecule has 0 amide bonds. The molecule has 0 saturated heterocycles. The molecule has 1 aromatic carbocycles. The lowest BCUT2D eigenvalue weighted by Gasteiger charge is -2.53. The molecule has 26 heavy (non-hydrogen) atoms. The zero-order valence-corrected chi connectivity index (χ0v) is 17.1. The molecule has 0 N–H and O–H groups in total. The van der Waals surface area contributed by atoms with E-state index in [4.69, 9.17) is 4.74 Å². The SMILES string of the molecule is C[C@]12CC[C@H]3[C@@H](CCC(=O)[C@]3(C)Br)[C@@H]1CC[C@@H]2OC(=O)c1ccccc1. The number of hydrogen-bond donors (Lipinski definition) is 0. The van der Waals surface area contributed by atoms with Gasteiger partial charge in [0.05, 0.1) is 9.89 Å². The number of halogens is 1. The Balaban J connectivity index is 1.53. The van der Waals surface area contributed by atoms with Crippen LogP contribution in [0.4, 0.5) is 0 Å². The van der Waals surface area contributed by atoms with Crippen LogP contribution in [-0.4, -0.2) is 22.2 Å². The fourth-order valence-electron chi connectivity index (χ4n) is 6.03. The normalized spacial score (nSPS) is 42.0. The lowest BCUT2D eigenvalue weighted by atomic mass is 9.54. The molecule has 3 aliphatic carbocycles. The van der Waals surface area contributed by atoms with Crippen LogP contribution in [0, 0.1) is 23.2 Å². The second-order valence-corrected chi connectivity index (χ2v) is 10.4. The molecule has 0 heterocycles. The van der Waals surface area contributed by atoms with Gasteiger partial charge in [-0.1, -0.05) is 41.1 Å². The molecule has 0 spiro atoms. The largest absolute Gasteiger partial charge is 0.458 e. The molecule has 0 aliphatic heterocycles. The maximum absolute atomic E-state index is 12.6. The van der Waals surface area contributed by atoms with Gasteiger partial charge in [-0.25, -0.2) is 4.79 Å². The van der Waals surface area contributed by atoms with E-state index in [1.165, 1.54) is 0 Å². The van der Waals surface area contributed by atoms with E-state index in [1.54, 1.807) is 0 Å². The highest BCUT2D eigenvalue weighted by molar-refractivity contribution is 9.10. The van der Waals surface area contributed by atoms with E-state index in [1.807, 2.05) is 30.3 Å². The van der Waals surface area contributed by atoms with Crippen LogP contribution in [0.1, 0.15) is 62.7 Å². The first-order chi connectivity index (χ1) is 12.3. The summed E-state index contributed by atoms with van der Waals surface area (Å²) in [7, 11) is 0. The number of fused-ring (bicyclic) bond motifs is 3. The smallest absolute Gasteiger partial charge is 0.338 e.